The van der Waals surface area contributed by atoms with Gasteiger partial charge in [0.2, 0.25) is 0 Å². The summed E-state index contributed by atoms with van der Waals surface area (Å²) in [5.74, 6) is 3.61. The fraction of sp³-hybridized carbons (Fsp3) is 0.0769. The smallest absolute Gasteiger partial charge is 0.113 e. The van der Waals surface area contributed by atoms with Gasteiger partial charge in [0.25, 0.3) is 0 Å². The minimum atomic E-state index is 0.878. The van der Waals surface area contributed by atoms with Crippen molar-refractivity contribution in [3.63, 3.8) is 0 Å². The predicted molar refractivity (Wildman–Crippen MR) is 68.2 cm³/mol. The van der Waals surface area contributed by atoms with Crippen LogP contribution < -0.4 is 5.73 Å². The minimum absolute atomic E-state index is 0.878. The van der Waals surface area contributed by atoms with Gasteiger partial charge >= 0.3 is 0 Å². The highest BCUT2D eigenvalue weighted by Crippen LogP contribution is 2.11. The highest BCUT2D eigenvalue weighted by atomic mass is 32.1. The highest BCUT2D eigenvalue weighted by molar-refractivity contribution is 7.80. The van der Waals surface area contributed by atoms with Gasteiger partial charge in [-0.3, -0.25) is 0 Å². The molecule has 1 aromatic carbocycles. The maximum atomic E-state index is 5.00. The van der Waals surface area contributed by atoms with Gasteiger partial charge in [-0.25, -0.2) is 0 Å². The van der Waals surface area contributed by atoms with Gasteiger partial charge in [0, 0.05) is 16.5 Å². The molecule has 0 unspecified atom stereocenters. The largest absolute Gasteiger partial charge is 0.468 e. The third kappa shape index (κ3) is 4.16. The van der Waals surface area contributed by atoms with Crippen LogP contribution in [0.4, 0.5) is 0 Å². The van der Waals surface area contributed by atoms with Crippen LogP contribution in [0.15, 0.2) is 52.0 Å². The second-order valence-corrected chi connectivity index (χ2v) is 3.48. The first-order valence-electron chi connectivity index (χ1n) is 4.73. The lowest BCUT2D eigenvalue weighted by Crippen LogP contribution is -1.77. The molecule has 0 fully saturated rings. The lowest BCUT2D eigenvalue weighted by molar-refractivity contribution is 0.527. The Morgan fingerprint density at radius 3 is 2.25 bits per heavy atom. The molecular formula is C13H13NOS. The number of thiol groups is 1. The summed E-state index contributed by atoms with van der Waals surface area (Å²) < 4.78 is 4.89. The van der Waals surface area contributed by atoms with Crippen LogP contribution in [0.3, 0.4) is 0 Å². The summed E-state index contributed by atoms with van der Waals surface area (Å²) in [5.41, 5.74) is 5.96. The van der Waals surface area contributed by atoms with Crippen LogP contribution in [0.25, 0.3) is 0 Å². The number of nitrogens with two attached hydrogens (primary N) is 1. The molecule has 0 bridgehead atoms. The maximum absolute atomic E-state index is 5.00. The molecule has 2 N–H and O–H groups in total. The van der Waals surface area contributed by atoms with Crippen LogP contribution in [-0.2, 0) is 0 Å². The zero-order chi connectivity index (χ0) is 11.8. The van der Waals surface area contributed by atoms with Crippen molar-refractivity contribution >= 4 is 12.6 Å². The van der Waals surface area contributed by atoms with Gasteiger partial charge in [-0.15, -0.1) is 12.6 Å². The van der Waals surface area contributed by atoms with Crippen molar-refractivity contribution in [1.82, 2.24) is 0 Å². The third-order valence-corrected chi connectivity index (χ3v) is 2.29. The van der Waals surface area contributed by atoms with Crippen LogP contribution in [0.2, 0.25) is 0 Å². The van der Waals surface area contributed by atoms with E-state index < -0.39 is 0 Å². The Balaban J connectivity index is 0.000000165. The fourth-order valence-electron chi connectivity index (χ4n) is 0.983. The first-order chi connectivity index (χ1) is 7.74. The van der Waals surface area contributed by atoms with E-state index in [-0.39, 0.29) is 0 Å². The summed E-state index contributed by atoms with van der Waals surface area (Å²) in [6.45, 7) is 1.88. The predicted octanol–water partition coefficient (Wildman–Crippen LogP) is 2.83. The molecule has 1 heterocycles. The van der Waals surface area contributed by atoms with Gasteiger partial charge in [0.15, 0.2) is 0 Å². The molecule has 0 saturated heterocycles. The summed E-state index contributed by atoms with van der Waals surface area (Å²) in [6, 6.07) is 13.8. The Kier molecular flexibility index (Phi) is 5.10. The topological polar surface area (TPSA) is 39.2 Å². The molecule has 82 valence electrons. The van der Waals surface area contributed by atoms with Crippen molar-refractivity contribution in [2.75, 3.05) is 0 Å². The van der Waals surface area contributed by atoms with E-state index in [4.69, 9.17) is 10.2 Å². The molecule has 0 aliphatic carbocycles. The first-order valence-corrected chi connectivity index (χ1v) is 5.18. The maximum Gasteiger partial charge on any atom is 0.113 e. The van der Waals surface area contributed by atoms with E-state index in [1.54, 1.807) is 6.26 Å². The molecule has 0 amide bonds. The van der Waals surface area contributed by atoms with Gasteiger partial charge in [-0.1, -0.05) is 18.2 Å². The Bertz CT molecular complexity index is 463. The number of hydrogen-bond donors (Lipinski definition) is 2. The number of furan rings is 1. The SMILES string of the molecule is Cc1occc1S.NC#Cc1ccccc1. The second-order valence-electron chi connectivity index (χ2n) is 3.00. The molecule has 3 heteroatoms. The Labute approximate surface area is 101 Å². The Morgan fingerprint density at radius 2 is 1.88 bits per heavy atom. The lowest BCUT2D eigenvalue weighted by Gasteiger charge is -1.83. The lowest BCUT2D eigenvalue weighted by atomic mass is 10.2. The zero-order valence-electron chi connectivity index (χ0n) is 8.97. The van der Waals surface area contributed by atoms with E-state index in [1.165, 1.54) is 0 Å². The summed E-state index contributed by atoms with van der Waals surface area (Å²) in [7, 11) is 0. The first kappa shape index (κ1) is 12.3. The molecule has 0 radical (unpaired) electrons. The van der Waals surface area contributed by atoms with E-state index in [2.05, 4.69) is 24.6 Å². The third-order valence-electron chi connectivity index (χ3n) is 1.82. The van der Waals surface area contributed by atoms with E-state index in [1.807, 2.05) is 43.3 Å². The summed E-state index contributed by atoms with van der Waals surface area (Å²) in [6.07, 6.45) is 1.62. The number of benzene rings is 1. The van der Waals surface area contributed by atoms with Crippen LogP contribution in [0.5, 0.6) is 0 Å². The van der Waals surface area contributed by atoms with Crippen molar-refractivity contribution in [3.8, 4) is 12.0 Å². The molecule has 1 aromatic heterocycles. The molecule has 0 aliphatic rings. The number of rotatable bonds is 0. The molecule has 0 saturated carbocycles. The highest BCUT2D eigenvalue weighted by Gasteiger charge is 1.90. The van der Waals surface area contributed by atoms with Crippen LogP contribution in [-0.4, -0.2) is 0 Å². The monoisotopic (exact) mass is 231 g/mol. The molecule has 2 nitrogen and oxygen atoms in total. The average molecular weight is 231 g/mol. The van der Waals surface area contributed by atoms with Crippen molar-refractivity contribution in [2.45, 2.75) is 11.8 Å². The van der Waals surface area contributed by atoms with Gasteiger partial charge in [0.05, 0.1) is 6.26 Å². The number of aryl methyl sites for hydroxylation is 1. The Hall–Kier alpha value is -1.79. The molecule has 0 aliphatic heterocycles. The van der Waals surface area contributed by atoms with Crippen molar-refractivity contribution in [2.24, 2.45) is 5.73 Å². The van der Waals surface area contributed by atoms with Crippen LogP contribution >= 0.6 is 12.6 Å². The molecule has 2 rings (SSSR count). The molecular weight excluding hydrogens is 218 g/mol. The average Bonchev–Trinajstić information content (AvgIpc) is 2.66. The summed E-state index contributed by atoms with van der Waals surface area (Å²) in [4.78, 5) is 0.917. The van der Waals surface area contributed by atoms with E-state index >= 15 is 0 Å². The fourth-order valence-corrected chi connectivity index (χ4v) is 1.10. The zero-order valence-corrected chi connectivity index (χ0v) is 9.87. The van der Waals surface area contributed by atoms with Crippen molar-refractivity contribution < 1.29 is 4.42 Å². The molecule has 0 atom stereocenters. The van der Waals surface area contributed by atoms with Crippen molar-refractivity contribution in [1.29, 1.82) is 0 Å². The standard InChI is InChI=1S/C8H7N.C5H6OS/c9-7-6-8-4-2-1-3-5-8;1-4-5(7)2-3-6-4/h1-5H,9H2;2-3,7H,1H3. The van der Waals surface area contributed by atoms with Gasteiger partial charge in [-0.05, 0) is 31.0 Å². The van der Waals surface area contributed by atoms with Crippen LogP contribution in [0.1, 0.15) is 11.3 Å². The normalized spacial score (nSPS) is 8.38. The quantitative estimate of drug-likeness (QED) is 0.416. The van der Waals surface area contributed by atoms with E-state index in [9.17, 15) is 0 Å². The van der Waals surface area contributed by atoms with E-state index in [0.717, 1.165) is 16.2 Å². The van der Waals surface area contributed by atoms with Gasteiger partial charge in [-0.2, -0.15) is 0 Å². The molecule has 16 heavy (non-hydrogen) atoms. The summed E-state index contributed by atoms with van der Waals surface area (Å²) in [5, 5.41) is 0. The second kappa shape index (κ2) is 6.65. The number of hydrogen-bond acceptors (Lipinski definition) is 3. The molecule has 2 aromatic rings. The molecule has 0 spiro atoms. The van der Waals surface area contributed by atoms with Gasteiger partial charge < -0.3 is 10.2 Å². The Morgan fingerprint density at radius 1 is 1.19 bits per heavy atom. The van der Waals surface area contributed by atoms with Gasteiger partial charge in [0.1, 0.15) is 5.76 Å². The van der Waals surface area contributed by atoms with Crippen molar-refractivity contribution in [3.05, 3.63) is 54.0 Å². The van der Waals surface area contributed by atoms with E-state index in [0.29, 0.717) is 0 Å². The van der Waals surface area contributed by atoms with Crippen LogP contribution in [0, 0.1) is 18.9 Å². The minimum Gasteiger partial charge on any atom is -0.468 e. The summed E-state index contributed by atoms with van der Waals surface area (Å²) >= 11 is 4.06.